The Balaban J connectivity index is 1.56. The molecule has 0 saturated heterocycles. The molecule has 1 unspecified atom stereocenters. The molecule has 6 rings (SSSR count). The molecule has 208 valence electrons. The zero-order valence-corrected chi connectivity index (χ0v) is 23.8. The van der Waals surface area contributed by atoms with Gasteiger partial charge in [0, 0.05) is 23.6 Å². The van der Waals surface area contributed by atoms with Gasteiger partial charge in [-0.15, -0.1) is 0 Å². The van der Waals surface area contributed by atoms with Crippen LogP contribution < -0.4 is 14.4 Å². The molecule has 1 atom stereocenters. The standard InChI is InChI=1S/C34H29N4O3P/c1-26-20-22-27(23-21-26)36-34(42(39,40-29-15-7-3-8-16-29)41-30-17-9-4-10-18-30)31-25-38(28-13-5-2-6-14-28)37-33(31)32-19-11-12-24-35-32/h2-25,34,36H,1H3. The van der Waals surface area contributed by atoms with Crippen LogP contribution in [-0.4, -0.2) is 14.8 Å². The Morgan fingerprint density at radius 2 is 1.29 bits per heavy atom. The number of hydrogen-bond donors (Lipinski definition) is 1. The molecule has 2 aromatic heterocycles. The van der Waals surface area contributed by atoms with E-state index in [1.807, 2.05) is 122 Å². The van der Waals surface area contributed by atoms with Crippen LogP contribution in [0, 0.1) is 6.92 Å². The topological polar surface area (TPSA) is 78.3 Å². The lowest BCUT2D eigenvalue weighted by atomic mass is 10.1. The van der Waals surface area contributed by atoms with Crippen LogP contribution in [0.15, 0.2) is 146 Å². The highest BCUT2D eigenvalue weighted by Crippen LogP contribution is 2.61. The maximum atomic E-state index is 15.3. The van der Waals surface area contributed by atoms with Crippen LogP contribution >= 0.6 is 7.60 Å². The highest BCUT2D eigenvalue weighted by Gasteiger charge is 2.43. The van der Waals surface area contributed by atoms with Gasteiger partial charge in [-0.3, -0.25) is 4.98 Å². The molecule has 8 heteroatoms. The average molecular weight is 573 g/mol. The highest BCUT2D eigenvalue weighted by atomic mass is 31.2. The van der Waals surface area contributed by atoms with E-state index in [-0.39, 0.29) is 0 Å². The molecule has 1 N–H and O–H groups in total. The van der Waals surface area contributed by atoms with Crippen molar-refractivity contribution in [2.45, 2.75) is 12.7 Å². The number of aryl methyl sites for hydroxylation is 1. The van der Waals surface area contributed by atoms with E-state index in [4.69, 9.17) is 14.1 Å². The van der Waals surface area contributed by atoms with Gasteiger partial charge in [0.2, 0.25) is 0 Å². The number of aromatic nitrogens is 3. The molecule has 0 saturated carbocycles. The van der Waals surface area contributed by atoms with Gasteiger partial charge in [0.25, 0.3) is 0 Å². The van der Waals surface area contributed by atoms with Gasteiger partial charge in [-0.1, -0.05) is 78.4 Å². The first-order chi connectivity index (χ1) is 20.6. The smallest absolute Gasteiger partial charge is 0.414 e. The van der Waals surface area contributed by atoms with Crippen molar-refractivity contribution < 1.29 is 13.6 Å². The number of rotatable bonds is 10. The van der Waals surface area contributed by atoms with Gasteiger partial charge < -0.3 is 14.4 Å². The van der Waals surface area contributed by atoms with Crippen LogP contribution in [0.2, 0.25) is 0 Å². The van der Waals surface area contributed by atoms with Gasteiger partial charge in [0.15, 0.2) is 5.78 Å². The molecule has 0 aliphatic heterocycles. The SMILES string of the molecule is Cc1ccc(NC(c2cn(-c3ccccc3)nc2-c2ccccn2)P(=O)(Oc2ccccc2)Oc2ccccc2)cc1. The summed E-state index contributed by atoms with van der Waals surface area (Å²) >= 11 is 0. The molecule has 42 heavy (non-hydrogen) atoms. The maximum absolute atomic E-state index is 15.3. The van der Waals surface area contributed by atoms with Crippen LogP contribution in [0.3, 0.4) is 0 Å². The number of para-hydroxylation sites is 3. The Morgan fingerprint density at radius 1 is 0.714 bits per heavy atom. The van der Waals surface area contributed by atoms with Crippen molar-refractivity contribution in [2.75, 3.05) is 5.32 Å². The quantitative estimate of drug-likeness (QED) is 0.165. The van der Waals surface area contributed by atoms with Crippen LogP contribution in [0.25, 0.3) is 17.1 Å². The Morgan fingerprint density at radius 3 is 1.86 bits per heavy atom. The summed E-state index contributed by atoms with van der Waals surface area (Å²) in [5.41, 5.74) is 4.48. The molecule has 7 nitrogen and oxygen atoms in total. The lowest BCUT2D eigenvalue weighted by molar-refractivity contribution is 0.376. The molecule has 4 aromatic carbocycles. The van der Waals surface area contributed by atoms with E-state index < -0.39 is 13.4 Å². The predicted molar refractivity (Wildman–Crippen MR) is 166 cm³/mol. The minimum absolute atomic E-state index is 0.419. The third kappa shape index (κ3) is 6.12. The number of hydrogen-bond acceptors (Lipinski definition) is 6. The van der Waals surface area contributed by atoms with E-state index in [0.717, 1.165) is 16.9 Å². The van der Waals surface area contributed by atoms with Crippen molar-refractivity contribution in [3.05, 3.63) is 157 Å². The molecular weight excluding hydrogens is 543 g/mol. The largest absolute Gasteiger partial charge is 0.457 e. The van der Waals surface area contributed by atoms with Crippen LogP contribution in [-0.2, 0) is 4.57 Å². The summed E-state index contributed by atoms with van der Waals surface area (Å²) in [5.74, 6) is -0.139. The first-order valence-electron chi connectivity index (χ1n) is 13.6. The molecule has 0 aliphatic carbocycles. The molecule has 0 aliphatic rings. The second-order valence-electron chi connectivity index (χ2n) is 9.69. The number of pyridine rings is 1. The number of anilines is 1. The maximum Gasteiger partial charge on any atom is 0.457 e. The first kappa shape index (κ1) is 27.1. The van der Waals surface area contributed by atoms with Crippen molar-refractivity contribution in [2.24, 2.45) is 0 Å². The second-order valence-corrected chi connectivity index (χ2v) is 11.7. The summed E-state index contributed by atoms with van der Waals surface area (Å²) in [5, 5.41) is 8.42. The zero-order valence-electron chi connectivity index (χ0n) is 22.9. The summed E-state index contributed by atoms with van der Waals surface area (Å²) in [6.45, 7) is 2.02. The lowest BCUT2D eigenvalue weighted by Crippen LogP contribution is -2.18. The number of nitrogens with one attached hydrogen (secondary N) is 1. The Hall–Kier alpha value is -5.13. The summed E-state index contributed by atoms with van der Waals surface area (Å²) < 4.78 is 29.7. The summed E-state index contributed by atoms with van der Waals surface area (Å²) in [4.78, 5) is 4.59. The molecule has 0 spiro atoms. The van der Waals surface area contributed by atoms with Crippen molar-refractivity contribution in [3.63, 3.8) is 0 Å². The number of nitrogens with zero attached hydrogens (tertiary/aromatic N) is 3. The van der Waals surface area contributed by atoms with E-state index >= 15 is 4.57 Å². The predicted octanol–water partition coefficient (Wildman–Crippen LogP) is 8.70. The minimum Gasteiger partial charge on any atom is -0.414 e. The van der Waals surface area contributed by atoms with Gasteiger partial charge in [0.05, 0.1) is 11.4 Å². The summed E-state index contributed by atoms with van der Waals surface area (Å²) in [6, 6.07) is 41.4. The van der Waals surface area contributed by atoms with Crippen molar-refractivity contribution in [1.82, 2.24) is 14.8 Å². The number of benzene rings is 4. The highest BCUT2D eigenvalue weighted by molar-refractivity contribution is 7.55. The van der Waals surface area contributed by atoms with E-state index in [9.17, 15) is 0 Å². The van der Waals surface area contributed by atoms with Gasteiger partial charge in [-0.2, -0.15) is 5.10 Å². The second kappa shape index (κ2) is 12.2. The molecule has 6 aromatic rings. The van der Waals surface area contributed by atoms with E-state index in [1.54, 1.807) is 35.1 Å². The Bertz CT molecular complexity index is 1730. The monoisotopic (exact) mass is 572 g/mol. The van der Waals surface area contributed by atoms with Gasteiger partial charge in [-0.05, 0) is 67.6 Å². The summed E-state index contributed by atoms with van der Waals surface area (Å²) in [6.07, 6.45) is 3.57. The minimum atomic E-state index is -4.09. The van der Waals surface area contributed by atoms with Crippen molar-refractivity contribution >= 4 is 13.3 Å². The zero-order chi connectivity index (χ0) is 28.8. The fourth-order valence-corrected chi connectivity index (χ4v) is 6.43. The lowest BCUT2D eigenvalue weighted by Gasteiger charge is -2.29. The van der Waals surface area contributed by atoms with Crippen LogP contribution in [0.1, 0.15) is 16.9 Å². The van der Waals surface area contributed by atoms with Crippen LogP contribution in [0.4, 0.5) is 5.69 Å². The molecule has 0 fully saturated rings. The van der Waals surface area contributed by atoms with E-state index in [0.29, 0.717) is 28.5 Å². The third-order valence-electron chi connectivity index (χ3n) is 6.59. The average Bonchev–Trinajstić information content (AvgIpc) is 3.47. The molecular formula is C34H29N4O3P. The molecule has 0 amide bonds. The van der Waals surface area contributed by atoms with E-state index in [2.05, 4.69) is 10.3 Å². The molecule has 2 heterocycles. The summed E-state index contributed by atoms with van der Waals surface area (Å²) in [7, 11) is -4.09. The van der Waals surface area contributed by atoms with Crippen molar-refractivity contribution in [1.29, 1.82) is 0 Å². The van der Waals surface area contributed by atoms with Crippen molar-refractivity contribution in [3.8, 4) is 28.6 Å². The molecule has 0 radical (unpaired) electrons. The van der Waals surface area contributed by atoms with Crippen LogP contribution in [0.5, 0.6) is 11.5 Å². The first-order valence-corrected chi connectivity index (χ1v) is 15.2. The van der Waals surface area contributed by atoms with E-state index in [1.165, 1.54) is 0 Å². The van der Waals surface area contributed by atoms with Gasteiger partial charge >= 0.3 is 7.60 Å². The normalized spacial score (nSPS) is 11.9. The van der Waals surface area contributed by atoms with Gasteiger partial charge in [0.1, 0.15) is 17.2 Å². The van der Waals surface area contributed by atoms with Gasteiger partial charge in [-0.25, -0.2) is 9.25 Å². The fourth-order valence-electron chi connectivity index (χ4n) is 4.52. The Labute approximate surface area is 245 Å². The molecule has 0 bridgehead atoms. The third-order valence-corrected chi connectivity index (χ3v) is 8.56. The fraction of sp³-hybridized carbons (Fsp3) is 0.0588. The Kier molecular flexibility index (Phi) is 7.84.